The predicted octanol–water partition coefficient (Wildman–Crippen LogP) is -1.24. The zero-order valence-electron chi connectivity index (χ0n) is 4.77. The summed E-state index contributed by atoms with van der Waals surface area (Å²) in [7, 11) is 0. The van der Waals surface area contributed by atoms with Gasteiger partial charge in [-0.3, -0.25) is 14.4 Å². The fourth-order valence-electron chi connectivity index (χ4n) is 0.425. The molecule has 1 amide bonds. The highest BCUT2D eigenvalue weighted by atomic mass is 16.2. The number of hydrogen-bond donors (Lipinski definition) is 0. The van der Waals surface area contributed by atoms with Gasteiger partial charge < -0.3 is 0 Å². The van der Waals surface area contributed by atoms with Crippen LogP contribution in [0, 0.1) is 0 Å². The van der Waals surface area contributed by atoms with Gasteiger partial charge in [-0.15, -0.1) is 0 Å². The molecule has 0 fully saturated rings. The van der Waals surface area contributed by atoms with Crippen LogP contribution in [0.25, 0.3) is 0 Å². The van der Waals surface area contributed by atoms with Gasteiger partial charge in [-0.2, -0.15) is 4.99 Å². The Morgan fingerprint density at radius 3 is 2.60 bits per heavy atom. The van der Waals surface area contributed by atoms with Gasteiger partial charge in [-0.25, -0.2) is 4.99 Å². The minimum absolute atomic E-state index is 0.260. The Hall–Kier alpha value is -1.65. The second-order valence-corrected chi connectivity index (χ2v) is 1.52. The number of carbonyl (C=O) groups excluding carboxylic acids is 3. The smallest absolute Gasteiger partial charge is 0.294 e. The SMILES string of the molecule is O=CC1=NC(=O)C(=O)C=N1. The standard InChI is InChI=1S/C5H2N2O3/c8-2-4-6-1-3(9)5(10)7-4/h1-2H. The normalized spacial score (nSPS) is 17.0. The lowest BCUT2D eigenvalue weighted by Crippen LogP contribution is -2.20. The Kier molecular flexibility index (Phi) is 1.49. The molecular weight excluding hydrogens is 136 g/mol. The molecule has 5 nitrogen and oxygen atoms in total. The van der Waals surface area contributed by atoms with E-state index in [0.717, 1.165) is 6.21 Å². The average Bonchev–Trinajstić information content (AvgIpc) is 1.95. The molecule has 0 bridgehead atoms. The van der Waals surface area contributed by atoms with E-state index in [1.807, 2.05) is 0 Å². The summed E-state index contributed by atoms with van der Waals surface area (Å²) in [5, 5.41) is 0. The molecule has 0 spiro atoms. The van der Waals surface area contributed by atoms with Gasteiger partial charge in [-0.1, -0.05) is 0 Å². The Bertz CT molecular complexity index is 264. The van der Waals surface area contributed by atoms with Gasteiger partial charge in [0.05, 0.1) is 6.21 Å². The van der Waals surface area contributed by atoms with Crippen molar-refractivity contribution >= 4 is 30.0 Å². The third kappa shape index (κ3) is 1.02. The van der Waals surface area contributed by atoms with E-state index < -0.39 is 11.7 Å². The number of carbonyl (C=O) groups is 3. The lowest BCUT2D eigenvalue weighted by Gasteiger charge is -1.93. The van der Waals surface area contributed by atoms with Crippen LogP contribution in [-0.4, -0.2) is 30.0 Å². The van der Waals surface area contributed by atoms with E-state index in [4.69, 9.17) is 0 Å². The lowest BCUT2D eigenvalue weighted by atomic mass is 10.4. The molecule has 0 N–H and O–H groups in total. The van der Waals surface area contributed by atoms with Crippen LogP contribution in [-0.2, 0) is 14.4 Å². The predicted molar refractivity (Wildman–Crippen MR) is 32.0 cm³/mol. The number of aliphatic imine (C=N–C) groups is 2. The van der Waals surface area contributed by atoms with Gasteiger partial charge in [0.15, 0.2) is 12.1 Å². The molecule has 1 rings (SSSR count). The van der Waals surface area contributed by atoms with Gasteiger partial charge in [0.25, 0.3) is 5.78 Å². The number of amidine groups is 1. The average molecular weight is 138 g/mol. The minimum atomic E-state index is -0.947. The van der Waals surface area contributed by atoms with Crippen LogP contribution in [0.3, 0.4) is 0 Å². The fraction of sp³-hybridized carbons (Fsp3) is 0. The van der Waals surface area contributed by atoms with Crippen LogP contribution < -0.4 is 0 Å². The molecule has 0 saturated carbocycles. The van der Waals surface area contributed by atoms with Crippen molar-refractivity contribution in [3.05, 3.63) is 0 Å². The Morgan fingerprint density at radius 1 is 1.40 bits per heavy atom. The molecule has 0 unspecified atom stereocenters. The molecule has 0 radical (unpaired) electrons. The minimum Gasteiger partial charge on any atom is -0.294 e. The van der Waals surface area contributed by atoms with E-state index in [9.17, 15) is 14.4 Å². The van der Waals surface area contributed by atoms with Crippen LogP contribution in [0.15, 0.2) is 9.98 Å². The molecular formula is C5H2N2O3. The van der Waals surface area contributed by atoms with Crippen LogP contribution in [0.2, 0.25) is 0 Å². The number of hydrogen-bond acceptors (Lipinski definition) is 4. The third-order valence-electron chi connectivity index (χ3n) is 0.846. The zero-order valence-corrected chi connectivity index (χ0v) is 4.77. The first-order valence-electron chi connectivity index (χ1n) is 2.40. The summed E-state index contributed by atoms with van der Waals surface area (Å²) < 4.78 is 0. The van der Waals surface area contributed by atoms with E-state index in [1.165, 1.54) is 0 Å². The summed E-state index contributed by atoms with van der Waals surface area (Å²) in [5.41, 5.74) is 0. The Morgan fingerprint density at radius 2 is 2.10 bits per heavy atom. The van der Waals surface area contributed by atoms with Crippen LogP contribution in [0.4, 0.5) is 0 Å². The van der Waals surface area contributed by atoms with Crippen LogP contribution in [0.1, 0.15) is 0 Å². The highest BCUT2D eigenvalue weighted by Crippen LogP contribution is 1.87. The number of nitrogens with zero attached hydrogens (tertiary/aromatic N) is 2. The monoisotopic (exact) mass is 138 g/mol. The second kappa shape index (κ2) is 2.30. The van der Waals surface area contributed by atoms with Crippen molar-refractivity contribution in [2.45, 2.75) is 0 Å². The van der Waals surface area contributed by atoms with Crippen molar-refractivity contribution in [1.29, 1.82) is 0 Å². The third-order valence-corrected chi connectivity index (χ3v) is 0.846. The molecule has 0 aromatic heterocycles. The first kappa shape index (κ1) is 6.47. The molecule has 0 aromatic carbocycles. The molecule has 1 heterocycles. The zero-order chi connectivity index (χ0) is 7.56. The molecule has 1 aliphatic heterocycles. The first-order chi connectivity index (χ1) is 4.74. The summed E-state index contributed by atoms with van der Waals surface area (Å²) in [6.45, 7) is 0. The highest BCUT2D eigenvalue weighted by Gasteiger charge is 2.15. The largest absolute Gasteiger partial charge is 0.321 e. The molecule has 0 atom stereocenters. The summed E-state index contributed by atoms with van der Waals surface area (Å²) in [4.78, 5) is 36.9. The van der Waals surface area contributed by atoms with E-state index in [2.05, 4.69) is 9.98 Å². The van der Waals surface area contributed by atoms with Gasteiger partial charge in [0.1, 0.15) is 0 Å². The topological polar surface area (TPSA) is 75.9 Å². The molecule has 0 aliphatic carbocycles. The van der Waals surface area contributed by atoms with Crippen molar-refractivity contribution in [3.8, 4) is 0 Å². The molecule has 0 aromatic rings. The molecule has 5 heteroatoms. The van der Waals surface area contributed by atoms with Gasteiger partial charge in [0.2, 0.25) is 0 Å². The van der Waals surface area contributed by atoms with Crippen LogP contribution >= 0.6 is 0 Å². The molecule has 50 valence electrons. The lowest BCUT2D eigenvalue weighted by molar-refractivity contribution is -0.131. The van der Waals surface area contributed by atoms with E-state index in [-0.39, 0.29) is 5.84 Å². The number of aldehydes is 1. The van der Waals surface area contributed by atoms with Crippen LogP contribution in [0.5, 0.6) is 0 Å². The summed E-state index contributed by atoms with van der Waals surface area (Å²) in [6.07, 6.45) is 1.08. The van der Waals surface area contributed by atoms with Crippen molar-refractivity contribution in [1.82, 2.24) is 0 Å². The number of ketones is 1. The van der Waals surface area contributed by atoms with E-state index in [0.29, 0.717) is 6.29 Å². The second-order valence-electron chi connectivity index (χ2n) is 1.52. The van der Waals surface area contributed by atoms with Crippen molar-refractivity contribution in [3.63, 3.8) is 0 Å². The van der Waals surface area contributed by atoms with Gasteiger partial charge >= 0.3 is 5.91 Å². The maximum absolute atomic E-state index is 10.4. The maximum atomic E-state index is 10.4. The Labute approximate surface area is 55.5 Å². The van der Waals surface area contributed by atoms with Crippen molar-refractivity contribution < 1.29 is 14.4 Å². The number of rotatable bonds is 1. The Balaban J connectivity index is 2.96. The number of Topliss-reactive ketones (excluding diaryl/α,β-unsaturated/α-hetero) is 1. The van der Waals surface area contributed by atoms with Crippen molar-refractivity contribution in [2.24, 2.45) is 9.98 Å². The fourth-order valence-corrected chi connectivity index (χ4v) is 0.425. The summed E-state index contributed by atoms with van der Waals surface area (Å²) in [5.74, 6) is -2.01. The van der Waals surface area contributed by atoms with E-state index in [1.54, 1.807) is 0 Å². The highest BCUT2D eigenvalue weighted by molar-refractivity contribution is 6.63. The quantitative estimate of drug-likeness (QED) is 0.336. The summed E-state index contributed by atoms with van der Waals surface area (Å²) in [6, 6.07) is 0. The van der Waals surface area contributed by atoms with Gasteiger partial charge in [0, 0.05) is 0 Å². The van der Waals surface area contributed by atoms with Gasteiger partial charge in [-0.05, 0) is 0 Å². The first-order valence-corrected chi connectivity index (χ1v) is 2.40. The molecule has 0 saturated heterocycles. The summed E-state index contributed by atoms with van der Waals surface area (Å²) >= 11 is 0. The van der Waals surface area contributed by atoms with E-state index >= 15 is 0 Å². The van der Waals surface area contributed by atoms with Crippen molar-refractivity contribution in [2.75, 3.05) is 0 Å². The molecule has 1 aliphatic rings. The molecule has 10 heavy (non-hydrogen) atoms. The number of amides is 1. The maximum Gasteiger partial charge on any atom is 0.321 e.